The normalized spacial score (nSPS) is 11.9. The average Bonchev–Trinajstić information content (AvgIpc) is 2.85. The molecule has 6 nitrogen and oxygen atoms in total. The zero-order chi connectivity index (χ0) is 18.4. The minimum atomic E-state index is 0.129. The van der Waals surface area contributed by atoms with Crippen LogP contribution in [0.25, 0.3) is 10.9 Å². The highest BCUT2D eigenvalue weighted by Gasteiger charge is 2.16. The fraction of sp³-hybridized carbons (Fsp3) is 0.500. The first kappa shape index (κ1) is 19.3. The maximum Gasteiger partial charge on any atom is 0.220 e. The minimum absolute atomic E-state index is 0.129. The Balaban J connectivity index is 2.33. The van der Waals surface area contributed by atoms with Crippen LogP contribution in [0.1, 0.15) is 27.7 Å². The smallest absolute Gasteiger partial charge is 0.220 e. The van der Waals surface area contributed by atoms with E-state index in [0.29, 0.717) is 17.3 Å². The summed E-state index contributed by atoms with van der Waals surface area (Å²) in [6.07, 6.45) is 0. The molecule has 0 aliphatic heterocycles. The monoisotopic (exact) mass is 361 g/mol. The largest absolute Gasteiger partial charge is 0.493 e. The van der Waals surface area contributed by atoms with Crippen LogP contribution in [0, 0.1) is 0 Å². The van der Waals surface area contributed by atoms with Gasteiger partial charge in [-0.05, 0) is 45.2 Å². The first-order valence-electron chi connectivity index (χ1n) is 8.72. The first-order valence-corrected chi connectivity index (χ1v) is 9.13. The van der Waals surface area contributed by atoms with Crippen LogP contribution in [0.15, 0.2) is 34.5 Å². The van der Waals surface area contributed by atoms with E-state index in [9.17, 15) is 5.11 Å². The van der Waals surface area contributed by atoms with Gasteiger partial charge >= 0.3 is 0 Å². The molecule has 0 aliphatic carbocycles. The van der Waals surface area contributed by atoms with Crippen molar-refractivity contribution in [1.82, 2.24) is 14.8 Å². The second-order valence-corrected chi connectivity index (χ2v) is 6.56. The second kappa shape index (κ2) is 8.92. The molecule has 0 unspecified atom stereocenters. The number of nitrogens with zero attached hydrogens (tertiary/aromatic N) is 4. The summed E-state index contributed by atoms with van der Waals surface area (Å²) in [5.41, 5.74) is 1.41. The van der Waals surface area contributed by atoms with Gasteiger partial charge in [0.2, 0.25) is 11.0 Å². The molecule has 0 fully saturated rings. The van der Waals surface area contributed by atoms with Gasteiger partial charge in [0.25, 0.3) is 0 Å². The number of likely N-dealkylation sites (N-methyl/N-ethyl adjacent to an activating group) is 1. The molecule has 2 aromatic rings. The van der Waals surface area contributed by atoms with E-state index in [1.54, 1.807) is 0 Å². The molecule has 136 valence electrons. The Bertz CT molecular complexity index is 749. The third kappa shape index (κ3) is 4.76. The Labute approximate surface area is 154 Å². The predicted molar refractivity (Wildman–Crippen MR) is 107 cm³/mol. The molecular weight excluding hydrogens is 334 g/mol. The molecule has 0 aliphatic rings. The Morgan fingerprint density at radius 1 is 1.28 bits per heavy atom. The number of para-hydroxylation sites is 1. The quantitative estimate of drug-likeness (QED) is 0.577. The van der Waals surface area contributed by atoms with Crippen molar-refractivity contribution in [2.24, 2.45) is 10.2 Å². The van der Waals surface area contributed by atoms with E-state index >= 15 is 0 Å². The minimum Gasteiger partial charge on any atom is -0.493 e. The molecule has 2 N–H and O–H groups in total. The van der Waals surface area contributed by atoms with Crippen molar-refractivity contribution in [2.45, 2.75) is 40.3 Å². The molecule has 0 amide bonds. The number of benzene rings is 1. The zero-order valence-corrected chi connectivity index (χ0v) is 16.2. The highest BCUT2D eigenvalue weighted by Crippen LogP contribution is 2.38. The summed E-state index contributed by atoms with van der Waals surface area (Å²) in [7, 11) is 0. The number of nitrogens with one attached hydrogen (secondary N) is 1. The first-order chi connectivity index (χ1) is 12.0. The number of aromatic nitrogens is 1. The highest BCUT2D eigenvalue weighted by molar-refractivity contribution is 7.80. The molecule has 1 heterocycles. The lowest BCUT2D eigenvalue weighted by Crippen LogP contribution is -2.26. The predicted octanol–water partition coefficient (Wildman–Crippen LogP) is 4.06. The molecule has 1 aromatic heterocycles. The molecule has 0 bridgehead atoms. The number of thiocarbonyl (C=S) groups is 1. The van der Waals surface area contributed by atoms with E-state index in [2.05, 4.69) is 34.3 Å². The summed E-state index contributed by atoms with van der Waals surface area (Å²) in [4.78, 5) is 2.32. The van der Waals surface area contributed by atoms with Gasteiger partial charge < -0.3 is 19.9 Å². The third-order valence-corrected chi connectivity index (χ3v) is 4.30. The Kier molecular flexibility index (Phi) is 6.90. The van der Waals surface area contributed by atoms with Crippen LogP contribution in [0.3, 0.4) is 0 Å². The summed E-state index contributed by atoms with van der Waals surface area (Å²) >= 11 is 5.15. The van der Waals surface area contributed by atoms with Crippen molar-refractivity contribution in [3.05, 3.63) is 24.3 Å². The van der Waals surface area contributed by atoms with Gasteiger partial charge in [0, 0.05) is 24.5 Å². The van der Waals surface area contributed by atoms with Crippen LogP contribution in [0.2, 0.25) is 0 Å². The molecule has 25 heavy (non-hydrogen) atoms. The van der Waals surface area contributed by atoms with Gasteiger partial charge in [-0.1, -0.05) is 32.0 Å². The molecule has 0 saturated carbocycles. The van der Waals surface area contributed by atoms with Gasteiger partial charge in [-0.3, -0.25) is 0 Å². The van der Waals surface area contributed by atoms with Gasteiger partial charge in [0.05, 0.1) is 5.52 Å². The Hall–Kier alpha value is -1.99. The van der Waals surface area contributed by atoms with E-state index in [4.69, 9.17) is 12.2 Å². The summed E-state index contributed by atoms with van der Waals surface area (Å²) in [6.45, 7) is 11.8. The maximum absolute atomic E-state index is 10.7. The summed E-state index contributed by atoms with van der Waals surface area (Å²) < 4.78 is 1.89. The van der Waals surface area contributed by atoms with Gasteiger partial charge in [0.15, 0.2) is 5.69 Å². The molecule has 7 heteroatoms. The number of hydrogen-bond donors (Lipinski definition) is 2. The van der Waals surface area contributed by atoms with E-state index < -0.39 is 0 Å². The topological polar surface area (TPSA) is 65.1 Å². The Morgan fingerprint density at radius 2 is 1.96 bits per heavy atom. The van der Waals surface area contributed by atoms with Crippen LogP contribution in [0.4, 0.5) is 5.69 Å². The second-order valence-electron chi connectivity index (χ2n) is 6.17. The molecule has 0 spiro atoms. The molecule has 1 aromatic carbocycles. The van der Waals surface area contributed by atoms with Gasteiger partial charge in [-0.15, -0.1) is 10.2 Å². The van der Waals surface area contributed by atoms with E-state index in [1.165, 1.54) is 0 Å². The van der Waals surface area contributed by atoms with Gasteiger partial charge in [-0.2, -0.15) is 0 Å². The zero-order valence-electron chi connectivity index (χ0n) is 15.4. The van der Waals surface area contributed by atoms with Crippen LogP contribution in [-0.4, -0.2) is 45.4 Å². The maximum atomic E-state index is 10.7. The fourth-order valence-electron chi connectivity index (χ4n) is 2.75. The SMILES string of the molecule is CCN(CC)CCn1c(O)c(N=NC(=S)NC(C)C)c2ccccc21. The Morgan fingerprint density at radius 3 is 2.60 bits per heavy atom. The van der Waals surface area contributed by atoms with Crippen LogP contribution in [0.5, 0.6) is 5.88 Å². The van der Waals surface area contributed by atoms with E-state index in [0.717, 1.165) is 30.5 Å². The lowest BCUT2D eigenvalue weighted by Gasteiger charge is -2.18. The van der Waals surface area contributed by atoms with Crippen molar-refractivity contribution in [2.75, 3.05) is 19.6 Å². The van der Waals surface area contributed by atoms with Gasteiger partial charge in [0.1, 0.15) is 0 Å². The number of fused-ring (bicyclic) bond motifs is 1. The van der Waals surface area contributed by atoms with Crippen molar-refractivity contribution in [1.29, 1.82) is 0 Å². The van der Waals surface area contributed by atoms with Crippen molar-refractivity contribution in [3.63, 3.8) is 0 Å². The lowest BCUT2D eigenvalue weighted by atomic mass is 10.2. The fourth-order valence-corrected chi connectivity index (χ4v) is 3.03. The van der Waals surface area contributed by atoms with Crippen molar-refractivity contribution in [3.8, 4) is 5.88 Å². The van der Waals surface area contributed by atoms with E-state index in [1.807, 2.05) is 42.7 Å². The van der Waals surface area contributed by atoms with E-state index in [-0.39, 0.29) is 11.9 Å². The van der Waals surface area contributed by atoms with Crippen LogP contribution < -0.4 is 5.32 Å². The molecule has 0 radical (unpaired) electrons. The molecule has 2 rings (SSSR count). The summed E-state index contributed by atoms with van der Waals surface area (Å²) in [5, 5.41) is 23.2. The standard InChI is InChI=1S/C18H27N5OS/c1-5-22(6-2)11-12-23-15-10-8-7-9-14(15)16(17(23)24)20-21-18(25)19-13(3)4/h7-10,13,24H,5-6,11-12H2,1-4H3,(H,19,25). The number of azo groups is 1. The molecular formula is C18H27N5OS. The number of hydrogen-bond acceptors (Lipinski definition) is 4. The molecule has 0 saturated heterocycles. The van der Waals surface area contributed by atoms with Crippen LogP contribution in [-0.2, 0) is 6.54 Å². The highest BCUT2D eigenvalue weighted by atomic mass is 32.1. The van der Waals surface area contributed by atoms with Gasteiger partial charge in [-0.25, -0.2) is 0 Å². The van der Waals surface area contributed by atoms with Crippen molar-refractivity contribution >= 4 is 33.9 Å². The molecule has 0 atom stereocenters. The number of aromatic hydroxyl groups is 1. The summed E-state index contributed by atoms with van der Waals surface area (Å²) in [6, 6.07) is 8.01. The summed E-state index contributed by atoms with van der Waals surface area (Å²) in [5.74, 6) is 0.129. The van der Waals surface area contributed by atoms with Crippen molar-refractivity contribution < 1.29 is 5.11 Å². The lowest BCUT2D eigenvalue weighted by molar-refractivity contribution is 0.285. The third-order valence-electron chi connectivity index (χ3n) is 4.10. The average molecular weight is 362 g/mol. The number of rotatable bonds is 7. The van der Waals surface area contributed by atoms with Crippen LogP contribution >= 0.6 is 12.2 Å².